The lowest BCUT2D eigenvalue weighted by atomic mass is 10.1. The quantitative estimate of drug-likeness (QED) is 0.561. The normalized spacial score (nSPS) is 21.3. The summed E-state index contributed by atoms with van der Waals surface area (Å²) >= 11 is 15.6. The molecule has 8 heteroatoms. The zero-order valence-electron chi connectivity index (χ0n) is 14.7. The highest BCUT2D eigenvalue weighted by atomic mass is 79.9. The summed E-state index contributed by atoms with van der Waals surface area (Å²) in [5, 5.41) is 5.10. The fourth-order valence-electron chi connectivity index (χ4n) is 3.04. The van der Waals surface area contributed by atoms with Crippen LogP contribution in [0.2, 0.25) is 10.0 Å². The Morgan fingerprint density at radius 3 is 2.65 bits per heavy atom. The first-order valence-corrected chi connectivity index (χ1v) is 10.0. The zero-order chi connectivity index (χ0) is 18.7. The molecule has 1 aromatic carbocycles. The number of benzene rings is 1. The molecule has 2 heterocycles. The van der Waals surface area contributed by atoms with E-state index in [1.807, 2.05) is 6.07 Å². The number of rotatable bonds is 6. The third-order valence-electron chi connectivity index (χ3n) is 4.47. The van der Waals surface area contributed by atoms with Crippen LogP contribution in [0.1, 0.15) is 19.6 Å². The number of ether oxygens (including phenoxy) is 2. The molecule has 1 saturated heterocycles. The molecule has 0 bridgehead atoms. The van der Waals surface area contributed by atoms with E-state index >= 15 is 0 Å². The van der Waals surface area contributed by atoms with Gasteiger partial charge in [0.2, 0.25) is 0 Å². The van der Waals surface area contributed by atoms with Gasteiger partial charge in [0.1, 0.15) is 12.3 Å². The predicted octanol–water partition coefficient (Wildman–Crippen LogP) is 5.04. The smallest absolute Gasteiger partial charge is 0.177 e. The van der Waals surface area contributed by atoms with Crippen molar-refractivity contribution in [1.82, 2.24) is 10.1 Å². The molecule has 0 amide bonds. The molecule has 3 rings (SSSR count). The number of morpholine rings is 1. The van der Waals surface area contributed by atoms with Crippen molar-refractivity contribution in [3.8, 4) is 11.3 Å². The van der Waals surface area contributed by atoms with Crippen LogP contribution in [0, 0.1) is 0 Å². The number of hydrogen-bond acceptors (Lipinski definition) is 5. The molecule has 1 aromatic heterocycles. The number of nitrogens with zero attached hydrogens (tertiary/aromatic N) is 2. The van der Waals surface area contributed by atoms with Crippen LogP contribution in [0.15, 0.2) is 27.2 Å². The molecular formula is C18H21BrCl2N2O3. The van der Waals surface area contributed by atoms with E-state index in [-0.39, 0.29) is 0 Å². The second kappa shape index (κ2) is 9.04. The molecule has 0 aliphatic carbocycles. The van der Waals surface area contributed by atoms with Gasteiger partial charge in [0, 0.05) is 24.2 Å². The number of hydrogen-bond donors (Lipinski definition) is 0. The fraction of sp³-hybridized carbons (Fsp3) is 0.500. The molecule has 26 heavy (non-hydrogen) atoms. The highest BCUT2D eigenvalue weighted by Crippen LogP contribution is 2.34. The summed E-state index contributed by atoms with van der Waals surface area (Å²) in [7, 11) is 0. The van der Waals surface area contributed by atoms with Gasteiger partial charge in [-0.05, 0) is 41.9 Å². The second-order valence-electron chi connectivity index (χ2n) is 6.42. The van der Waals surface area contributed by atoms with Crippen LogP contribution in [0.25, 0.3) is 11.3 Å². The van der Waals surface area contributed by atoms with E-state index in [4.69, 9.17) is 37.2 Å². The molecule has 0 saturated carbocycles. The number of aromatic nitrogens is 1. The second-order valence-corrected chi connectivity index (χ2v) is 8.03. The third-order valence-corrected chi connectivity index (χ3v) is 6.03. The van der Waals surface area contributed by atoms with Gasteiger partial charge in [0.15, 0.2) is 5.76 Å². The molecule has 0 spiro atoms. The molecular weight excluding hydrogens is 443 g/mol. The molecule has 5 nitrogen and oxygen atoms in total. The van der Waals surface area contributed by atoms with Crippen molar-refractivity contribution in [2.45, 2.75) is 32.5 Å². The minimum absolute atomic E-state index is 0.349. The molecule has 1 fully saturated rings. The summed E-state index contributed by atoms with van der Waals surface area (Å²) in [6.45, 7) is 7.71. The molecule has 2 unspecified atom stereocenters. The van der Waals surface area contributed by atoms with E-state index in [2.05, 4.69) is 39.8 Å². The van der Waals surface area contributed by atoms with Crippen molar-refractivity contribution < 1.29 is 14.0 Å². The Morgan fingerprint density at radius 2 is 1.96 bits per heavy atom. The lowest BCUT2D eigenvalue weighted by molar-refractivity contribution is -0.0492. The van der Waals surface area contributed by atoms with Crippen LogP contribution in [0.4, 0.5) is 0 Å². The van der Waals surface area contributed by atoms with Gasteiger partial charge >= 0.3 is 0 Å². The lowest BCUT2D eigenvalue weighted by Gasteiger charge is -2.38. The summed E-state index contributed by atoms with van der Waals surface area (Å²) in [5.41, 5.74) is 1.51. The first kappa shape index (κ1) is 20.1. The highest BCUT2D eigenvalue weighted by Gasteiger charge is 2.25. The van der Waals surface area contributed by atoms with Crippen molar-refractivity contribution in [2.75, 3.05) is 26.4 Å². The van der Waals surface area contributed by atoms with Gasteiger partial charge in [0.05, 0.1) is 34.3 Å². The first-order chi connectivity index (χ1) is 12.5. The first-order valence-electron chi connectivity index (χ1n) is 8.48. The van der Waals surface area contributed by atoms with E-state index in [0.717, 1.165) is 29.8 Å². The van der Waals surface area contributed by atoms with Gasteiger partial charge in [-0.3, -0.25) is 4.90 Å². The van der Waals surface area contributed by atoms with Crippen LogP contribution >= 0.6 is 39.1 Å². The van der Waals surface area contributed by atoms with Crippen molar-refractivity contribution in [3.05, 3.63) is 38.5 Å². The van der Waals surface area contributed by atoms with Crippen LogP contribution in [-0.2, 0) is 16.1 Å². The highest BCUT2D eigenvalue weighted by molar-refractivity contribution is 9.10. The lowest BCUT2D eigenvalue weighted by Crippen LogP contribution is -2.50. The van der Waals surface area contributed by atoms with E-state index < -0.39 is 0 Å². The van der Waals surface area contributed by atoms with Gasteiger partial charge in [-0.25, -0.2) is 0 Å². The maximum Gasteiger partial charge on any atom is 0.177 e. The average Bonchev–Trinajstić information content (AvgIpc) is 2.97. The van der Waals surface area contributed by atoms with Crippen molar-refractivity contribution in [2.24, 2.45) is 0 Å². The standard InChI is InChI=1S/C18H21BrCl2N2O3/c1-11-8-25-9-12(2)23(11)5-6-24-10-16-17(19)18(22-26-16)13-3-4-14(20)15(21)7-13/h3-4,7,11-12H,5-6,8-10H2,1-2H3. The number of halogens is 3. The van der Waals surface area contributed by atoms with Gasteiger partial charge in [0.25, 0.3) is 0 Å². The van der Waals surface area contributed by atoms with Crippen molar-refractivity contribution in [1.29, 1.82) is 0 Å². The van der Waals surface area contributed by atoms with Crippen LogP contribution in [0.5, 0.6) is 0 Å². The van der Waals surface area contributed by atoms with Crippen LogP contribution in [0.3, 0.4) is 0 Å². The fourth-order valence-corrected chi connectivity index (χ4v) is 3.82. The molecule has 0 radical (unpaired) electrons. The summed E-state index contributed by atoms with van der Waals surface area (Å²) < 4.78 is 17.5. The Balaban J connectivity index is 1.56. The Morgan fingerprint density at radius 1 is 1.23 bits per heavy atom. The van der Waals surface area contributed by atoms with E-state index in [1.165, 1.54) is 0 Å². The van der Waals surface area contributed by atoms with Crippen molar-refractivity contribution >= 4 is 39.1 Å². The minimum atomic E-state index is 0.349. The minimum Gasteiger partial charge on any atom is -0.378 e. The molecule has 2 atom stereocenters. The zero-order valence-corrected chi connectivity index (χ0v) is 17.8. The largest absolute Gasteiger partial charge is 0.378 e. The maximum atomic E-state index is 6.08. The SMILES string of the molecule is CC1COCC(C)N1CCOCc1onc(-c2ccc(Cl)c(Cl)c2)c1Br. The van der Waals surface area contributed by atoms with Crippen molar-refractivity contribution in [3.63, 3.8) is 0 Å². The van der Waals surface area contributed by atoms with Gasteiger partial charge in [-0.15, -0.1) is 0 Å². The monoisotopic (exact) mass is 462 g/mol. The summed E-state index contributed by atoms with van der Waals surface area (Å²) in [5.74, 6) is 0.647. The van der Waals surface area contributed by atoms with Gasteiger partial charge in [-0.2, -0.15) is 0 Å². The van der Waals surface area contributed by atoms with E-state index in [0.29, 0.717) is 46.8 Å². The van der Waals surface area contributed by atoms with Gasteiger partial charge in [-0.1, -0.05) is 34.4 Å². The van der Waals surface area contributed by atoms with Gasteiger partial charge < -0.3 is 14.0 Å². The summed E-state index contributed by atoms with van der Waals surface area (Å²) in [4.78, 5) is 2.40. The van der Waals surface area contributed by atoms with Crippen LogP contribution in [-0.4, -0.2) is 48.5 Å². The van der Waals surface area contributed by atoms with E-state index in [9.17, 15) is 0 Å². The Labute approximate surface area is 171 Å². The molecule has 1 aliphatic rings. The molecule has 142 valence electrons. The predicted molar refractivity (Wildman–Crippen MR) is 106 cm³/mol. The maximum absolute atomic E-state index is 6.08. The molecule has 1 aliphatic heterocycles. The Kier molecular flexibility index (Phi) is 6.99. The Hall–Kier alpha value is -0.630. The topological polar surface area (TPSA) is 47.7 Å². The van der Waals surface area contributed by atoms with E-state index in [1.54, 1.807) is 12.1 Å². The Bertz CT molecular complexity index is 746. The summed E-state index contributed by atoms with van der Waals surface area (Å²) in [6, 6.07) is 6.16. The molecule has 2 aromatic rings. The third kappa shape index (κ3) is 4.61. The average molecular weight is 464 g/mol. The van der Waals surface area contributed by atoms with Crippen LogP contribution < -0.4 is 0 Å². The molecule has 0 N–H and O–H groups in total. The summed E-state index contributed by atoms with van der Waals surface area (Å²) in [6.07, 6.45) is 0.